The Bertz CT molecular complexity index is 3520. The minimum atomic E-state index is -0.710. The van der Waals surface area contributed by atoms with Gasteiger partial charge in [0.2, 0.25) is 0 Å². The van der Waals surface area contributed by atoms with Crippen LogP contribution in [0.4, 0.5) is 34.1 Å². The monoisotopic (exact) mass is 852 g/mol. The van der Waals surface area contributed by atoms with Crippen LogP contribution in [0.2, 0.25) is 0 Å². The summed E-state index contributed by atoms with van der Waals surface area (Å²) in [6, 6.07) is 67.9. The van der Waals surface area contributed by atoms with Crippen molar-refractivity contribution in [3.8, 4) is 33.4 Å². The van der Waals surface area contributed by atoms with Crippen molar-refractivity contribution < 1.29 is 5.48 Å². The van der Waals surface area contributed by atoms with Crippen molar-refractivity contribution in [3.05, 3.63) is 251 Å². The topological polar surface area (TPSA) is 6.48 Å². The van der Waals surface area contributed by atoms with Crippen molar-refractivity contribution in [2.24, 2.45) is 0 Å². The van der Waals surface area contributed by atoms with Crippen molar-refractivity contribution in [2.75, 3.05) is 9.80 Å². The zero-order chi connectivity index (χ0) is 47.5. The molecule has 1 fully saturated rings. The molecule has 2 nitrogen and oxygen atoms in total. The molecule has 1 unspecified atom stereocenters. The molecule has 4 aliphatic rings. The van der Waals surface area contributed by atoms with Gasteiger partial charge in [0.15, 0.2) is 0 Å². The first kappa shape index (κ1) is 34.9. The molecule has 0 heterocycles. The van der Waals surface area contributed by atoms with Crippen molar-refractivity contribution in [3.63, 3.8) is 0 Å². The number of hydrogen-bond acceptors (Lipinski definition) is 2. The molecular weight excluding hydrogens is 797 g/mol. The van der Waals surface area contributed by atoms with E-state index >= 15 is 0 Å². The van der Waals surface area contributed by atoms with E-state index in [1.54, 1.807) is 0 Å². The Morgan fingerprint density at radius 1 is 0.394 bits per heavy atom. The number of fused-ring (bicyclic) bond motifs is 13. The van der Waals surface area contributed by atoms with E-state index in [-0.39, 0.29) is 35.5 Å². The molecule has 9 aromatic rings. The van der Waals surface area contributed by atoms with Crippen LogP contribution in [0.15, 0.2) is 212 Å². The summed E-state index contributed by atoms with van der Waals surface area (Å²) in [5, 5.41) is 0. The maximum absolute atomic E-state index is 9.94. The molecule has 2 heteroatoms. The van der Waals surface area contributed by atoms with Gasteiger partial charge in [0.25, 0.3) is 0 Å². The average Bonchev–Trinajstić information content (AvgIpc) is 3.96. The van der Waals surface area contributed by atoms with Gasteiger partial charge >= 0.3 is 0 Å². The zero-order valence-electron chi connectivity index (χ0n) is 41.4. The van der Waals surface area contributed by atoms with Gasteiger partial charge in [0.05, 0.1) is 10.9 Å². The molecule has 0 N–H and O–H groups in total. The minimum absolute atomic E-state index is 0.00289. The van der Waals surface area contributed by atoms with E-state index in [9.17, 15) is 4.11 Å². The summed E-state index contributed by atoms with van der Waals surface area (Å²) in [6.45, 7) is 4.59. The van der Waals surface area contributed by atoms with Crippen LogP contribution in [-0.4, -0.2) is 0 Å². The lowest BCUT2D eigenvalue weighted by molar-refractivity contribution is 0.444. The predicted octanol–water partition coefficient (Wildman–Crippen LogP) is 17.3. The van der Waals surface area contributed by atoms with Gasteiger partial charge in [-0.15, -0.1) is 0 Å². The number of nitrogens with zero attached hydrogens (tertiary/aromatic N) is 2. The Morgan fingerprint density at radius 2 is 0.818 bits per heavy atom. The highest BCUT2D eigenvalue weighted by atomic mass is 15.2. The molecule has 318 valence electrons. The van der Waals surface area contributed by atoms with Crippen LogP contribution in [0.1, 0.15) is 96.3 Å². The van der Waals surface area contributed by atoms with Crippen LogP contribution < -0.4 is 9.80 Å². The summed E-state index contributed by atoms with van der Waals surface area (Å²) in [7, 11) is 0. The van der Waals surface area contributed by atoms with E-state index in [2.05, 4.69) is 212 Å². The molecule has 1 saturated carbocycles. The van der Waals surface area contributed by atoms with Gasteiger partial charge < -0.3 is 9.80 Å². The van der Waals surface area contributed by atoms with Gasteiger partial charge in [-0.05, 0) is 158 Å². The Hall–Kier alpha value is -7.42. The van der Waals surface area contributed by atoms with Crippen LogP contribution in [0.5, 0.6) is 0 Å². The van der Waals surface area contributed by atoms with E-state index < -0.39 is 5.41 Å². The second kappa shape index (κ2) is 15.1. The molecule has 1 atom stereocenters. The molecule has 0 aliphatic heterocycles. The maximum atomic E-state index is 9.94. The third-order valence-corrected chi connectivity index (χ3v) is 15.4. The van der Waals surface area contributed by atoms with Crippen LogP contribution in [-0.2, 0) is 10.8 Å². The van der Waals surface area contributed by atoms with E-state index in [1.165, 1.54) is 55.6 Å². The number of rotatable bonds is 7. The molecule has 4 aliphatic carbocycles. The molecule has 0 radical (unpaired) electrons. The Balaban J connectivity index is 1.10. The highest BCUT2D eigenvalue weighted by Gasteiger charge is 2.52. The van der Waals surface area contributed by atoms with Crippen LogP contribution >= 0.6 is 0 Å². The molecule has 9 aromatic carbocycles. The normalized spacial score (nSPS) is 17.9. The Morgan fingerprint density at radius 3 is 1.38 bits per heavy atom. The maximum Gasteiger partial charge on any atom is 0.0727 e. The van der Waals surface area contributed by atoms with E-state index in [1.807, 2.05) is 0 Å². The lowest BCUT2D eigenvalue weighted by atomic mass is 9.70. The largest absolute Gasteiger partial charge is 0.310 e. The minimum Gasteiger partial charge on any atom is -0.310 e. The second-order valence-corrected chi connectivity index (χ2v) is 19.1. The molecule has 66 heavy (non-hydrogen) atoms. The third-order valence-electron chi connectivity index (χ3n) is 15.4. The summed E-state index contributed by atoms with van der Waals surface area (Å²) < 4.78 is 38.0. The lowest BCUT2D eigenvalue weighted by Gasteiger charge is -2.35. The predicted molar refractivity (Wildman–Crippen MR) is 275 cm³/mol. The molecule has 1 spiro atoms. The molecule has 13 rings (SSSR count). The summed E-state index contributed by atoms with van der Waals surface area (Å²) in [5.41, 5.74) is 19.7. The van der Waals surface area contributed by atoms with Gasteiger partial charge in [-0.1, -0.05) is 179 Å². The second-order valence-electron chi connectivity index (χ2n) is 19.1. The SMILES string of the molecule is [2H]c1c([2H])c([2H])c(N(c2ccc3c(c2)C(C)(C)c2ccccc2-3)c2ccc3c(c2)C2(c4ccccc4-c4ccc(N(c5ccccc5)c5ccccc5)cc42)c2ccccc2-3)c(C2CCCCC2)c1[2H]. The highest BCUT2D eigenvalue weighted by molar-refractivity contribution is 5.98. The molecule has 0 amide bonds. The summed E-state index contributed by atoms with van der Waals surface area (Å²) >= 11 is 0. The standard InChI is InChI=1S/C64H52N2/c1-63(2)56-30-16-12-27-50(56)53-37-35-47(40-59(53)63)66(62-33-19-15-26-49(62)43-20-6-3-7-21-43)48-36-39-55-52-29-14-18-32-58(52)64(61(55)42-48)57-31-17-13-28-51(57)54-38-34-46(41-60(54)64)65(44-22-8-4-9-23-44)45-24-10-5-11-25-45/h4-5,8-19,22-43H,3,6-7,20-21H2,1-2H3/i15D,19D,26D,33D. The summed E-state index contributed by atoms with van der Waals surface area (Å²) in [4.78, 5) is 4.54. The number of hydrogen-bond donors (Lipinski definition) is 0. The van der Waals surface area contributed by atoms with Gasteiger partial charge in [0, 0.05) is 39.5 Å². The first-order valence-electron chi connectivity index (χ1n) is 25.7. The smallest absolute Gasteiger partial charge is 0.0727 e. The van der Waals surface area contributed by atoms with Crippen molar-refractivity contribution in [1.29, 1.82) is 0 Å². The van der Waals surface area contributed by atoms with E-state index in [0.29, 0.717) is 5.69 Å². The third kappa shape index (κ3) is 5.67. The lowest BCUT2D eigenvalue weighted by Crippen LogP contribution is -2.26. The zero-order valence-corrected chi connectivity index (χ0v) is 37.4. The fourth-order valence-corrected chi connectivity index (χ4v) is 12.4. The molecule has 0 saturated heterocycles. The summed E-state index contributed by atoms with van der Waals surface area (Å²) in [5.74, 6) is -0.00289. The van der Waals surface area contributed by atoms with Crippen molar-refractivity contribution in [1.82, 2.24) is 0 Å². The van der Waals surface area contributed by atoms with Gasteiger partial charge in [0.1, 0.15) is 0 Å². The molecular formula is C64H52N2. The number of para-hydroxylation sites is 3. The fourth-order valence-electron chi connectivity index (χ4n) is 12.4. The van der Waals surface area contributed by atoms with Crippen molar-refractivity contribution >= 4 is 34.1 Å². The highest BCUT2D eigenvalue weighted by Crippen LogP contribution is 2.64. The number of benzene rings is 9. The average molecular weight is 853 g/mol. The van der Waals surface area contributed by atoms with Crippen molar-refractivity contribution in [2.45, 2.75) is 62.7 Å². The summed E-state index contributed by atoms with van der Waals surface area (Å²) in [6.07, 6.45) is 4.97. The van der Waals surface area contributed by atoms with Gasteiger partial charge in [-0.3, -0.25) is 0 Å². The van der Waals surface area contributed by atoms with E-state index in [4.69, 9.17) is 1.37 Å². The van der Waals surface area contributed by atoms with Gasteiger partial charge in [-0.25, -0.2) is 0 Å². The van der Waals surface area contributed by atoms with Crippen LogP contribution in [0, 0.1) is 0 Å². The van der Waals surface area contributed by atoms with Crippen LogP contribution in [0.25, 0.3) is 33.4 Å². The van der Waals surface area contributed by atoms with E-state index in [0.717, 1.165) is 77.2 Å². The fraction of sp³-hybridized carbons (Fsp3) is 0.156. The Labute approximate surface area is 395 Å². The van der Waals surface area contributed by atoms with Gasteiger partial charge in [-0.2, -0.15) is 0 Å². The van der Waals surface area contributed by atoms with Crippen LogP contribution in [0.3, 0.4) is 0 Å². The molecule has 0 aromatic heterocycles. The molecule has 0 bridgehead atoms. The first-order chi connectivity index (χ1) is 34.2. The quantitative estimate of drug-likeness (QED) is 0.158. The number of anilines is 6. The first-order valence-corrected chi connectivity index (χ1v) is 23.7. The Kier molecular flexibility index (Phi) is 7.98.